The number of nitrogens with zero attached hydrogens (tertiary/aromatic N) is 1. The van der Waals surface area contributed by atoms with Crippen molar-refractivity contribution in [2.75, 3.05) is 28.6 Å². The second-order valence-electron chi connectivity index (χ2n) is 7.56. The van der Waals surface area contributed by atoms with Gasteiger partial charge in [0.05, 0.1) is 0 Å². The zero-order chi connectivity index (χ0) is 18.5. The van der Waals surface area contributed by atoms with Crippen molar-refractivity contribution < 1.29 is 4.79 Å². The second kappa shape index (κ2) is 8.26. The SMILES string of the molecule is CC1CCN(c2ccc(Nc3ccc(NC(=O)C(C)C)cc3)cc2)CC1. The highest BCUT2D eigenvalue weighted by atomic mass is 16.1. The van der Waals surface area contributed by atoms with E-state index >= 15 is 0 Å². The first-order chi connectivity index (χ1) is 12.5. The molecule has 1 fully saturated rings. The second-order valence-corrected chi connectivity index (χ2v) is 7.56. The van der Waals surface area contributed by atoms with E-state index in [4.69, 9.17) is 0 Å². The molecule has 0 saturated carbocycles. The van der Waals surface area contributed by atoms with E-state index in [9.17, 15) is 4.79 Å². The van der Waals surface area contributed by atoms with E-state index in [1.807, 2.05) is 38.1 Å². The van der Waals surface area contributed by atoms with Crippen molar-refractivity contribution in [1.82, 2.24) is 0 Å². The van der Waals surface area contributed by atoms with E-state index in [0.717, 1.165) is 36.1 Å². The van der Waals surface area contributed by atoms with Gasteiger partial charge in [0, 0.05) is 41.8 Å². The number of carbonyl (C=O) groups excluding carboxylic acids is 1. The first-order valence-electron chi connectivity index (χ1n) is 9.54. The van der Waals surface area contributed by atoms with E-state index in [0.29, 0.717) is 0 Å². The molecule has 1 saturated heterocycles. The number of nitrogens with one attached hydrogen (secondary N) is 2. The van der Waals surface area contributed by atoms with Crippen molar-refractivity contribution in [2.24, 2.45) is 11.8 Å². The van der Waals surface area contributed by atoms with Gasteiger partial charge in [0.1, 0.15) is 0 Å². The van der Waals surface area contributed by atoms with Crippen molar-refractivity contribution in [2.45, 2.75) is 33.6 Å². The summed E-state index contributed by atoms with van der Waals surface area (Å²) in [5.74, 6) is 0.864. The molecule has 1 heterocycles. The average Bonchev–Trinajstić information content (AvgIpc) is 2.64. The summed E-state index contributed by atoms with van der Waals surface area (Å²) in [5.41, 5.74) is 4.20. The Morgan fingerprint density at radius 1 is 0.923 bits per heavy atom. The van der Waals surface area contributed by atoms with Crippen LogP contribution in [-0.4, -0.2) is 19.0 Å². The number of carbonyl (C=O) groups is 1. The van der Waals surface area contributed by atoms with Gasteiger partial charge in [-0.15, -0.1) is 0 Å². The molecule has 4 nitrogen and oxygen atoms in total. The van der Waals surface area contributed by atoms with Crippen molar-refractivity contribution in [1.29, 1.82) is 0 Å². The number of amides is 1. The summed E-state index contributed by atoms with van der Waals surface area (Å²) in [7, 11) is 0. The Balaban J connectivity index is 1.58. The smallest absolute Gasteiger partial charge is 0.226 e. The summed E-state index contributed by atoms with van der Waals surface area (Å²) in [6.07, 6.45) is 2.55. The molecular weight excluding hydrogens is 322 g/mol. The molecule has 3 rings (SSSR count). The van der Waals surface area contributed by atoms with Gasteiger partial charge in [-0.25, -0.2) is 0 Å². The zero-order valence-electron chi connectivity index (χ0n) is 16.0. The molecule has 0 aromatic heterocycles. The van der Waals surface area contributed by atoms with Crippen LogP contribution in [0.15, 0.2) is 48.5 Å². The standard InChI is InChI=1S/C22H29N3O/c1-16(2)22(26)24-20-6-4-18(5-7-20)23-19-8-10-21(11-9-19)25-14-12-17(3)13-15-25/h4-11,16-17,23H,12-15H2,1-3H3,(H,24,26). The van der Waals surface area contributed by atoms with E-state index in [1.54, 1.807) is 0 Å². The predicted molar refractivity (Wildman–Crippen MR) is 110 cm³/mol. The van der Waals surface area contributed by atoms with Crippen molar-refractivity contribution in [3.63, 3.8) is 0 Å². The lowest BCUT2D eigenvalue weighted by Crippen LogP contribution is -2.32. The molecule has 26 heavy (non-hydrogen) atoms. The third kappa shape index (κ3) is 4.78. The molecule has 4 heteroatoms. The maximum Gasteiger partial charge on any atom is 0.226 e. The van der Waals surface area contributed by atoms with Crippen LogP contribution < -0.4 is 15.5 Å². The van der Waals surface area contributed by atoms with Gasteiger partial charge in [0.2, 0.25) is 5.91 Å². The lowest BCUT2D eigenvalue weighted by Gasteiger charge is -2.32. The first kappa shape index (κ1) is 18.3. The Kier molecular flexibility index (Phi) is 5.82. The van der Waals surface area contributed by atoms with Crippen LogP contribution >= 0.6 is 0 Å². The fraction of sp³-hybridized carbons (Fsp3) is 0.409. The molecule has 1 aliphatic heterocycles. The quantitative estimate of drug-likeness (QED) is 0.772. The molecule has 2 aromatic carbocycles. The van der Waals surface area contributed by atoms with Gasteiger partial charge in [0.25, 0.3) is 0 Å². The van der Waals surface area contributed by atoms with Gasteiger partial charge in [0.15, 0.2) is 0 Å². The number of anilines is 4. The lowest BCUT2D eigenvalue weighted by molar-refractivity contribution is -0.118. The highest BCUT2D eigenvalue weighted by Gasteiger charge is 2.15. The van der Waals surface area contributed by atoms with Crippen LogP contribution in [0.25, 0.3) is 0 Å². The highest BCUT2D eigenvalue weighted by molar-refractivity contribution is 5.92. The molecule has 0 unspecified atom stereocenters. The predicted octanol–water partition coefficient (Wildman–Crippen LogP) is 5.26. The van der Waals surface area contributed by atoms with Crippen molar-refractivity contribution >= 4 is 28.7 Å². The molecule has 2 N–H and O–H groups in total. The maximum absolute atomic E-state index is 11.7. The minimum atomic E-state index is -0.0190. The Morgan fingerprint density at radius 2 is 1.42 bits per heavy atom. The molecule has 1 amide bonds. The third-order valence-electron chi connectivity index (χ3n) is 4.98. The normalized spacial score (nSPS) is 15.2. The Labute approximate surface area is 156 Å². The number of hydrogen-bond acceptors (Lipinski definition) is 3. The van der Waals surface area contributed by atoms with E-state index in [-0.39, 0.29) is 11.8 Å². The highest BCUT2D eigenvalue weighted by Crippen LogP contribution is 2.26. The van der Waals surface area contributed by atoms with Crippen LogP contribution in [0, 0.1) is 11.8 Å². The summed E-state index contributed by atoms with van der Waals surface area (Å²) in [6, 6.07) is 16.4. The average molecular weight is 351 g/mol. The summed E-state index contributed by atoms with van der Waals surface area (Å²) in [5, 5.41) is 6.32. The fourth-order valence-electron chi connectivity index (χ4n) is 3.11. The van der Waals surface area contributed by atoms with Gasteiger partial charge in [-0.1, -0.05) is 20.8 Å². The molecule has 0 atom stereocenters. The minimum Gasteiger partial charge on any atom is -0.372 e. The first-order valence-corrected chi connectivity index (χ1v) is 9.54. The largest absolute Gasteiger partial charge is 0.372 e. The minimum absolute atomic E-state index is 0.0190. The van der Waals surface area contributed by atoms with Gasteiger partial charge in [-0.3, -0.25) is 4.79 Å². The lowest BCUT2D eigenvalue weighted by atomic mass is 9.99. The molecular formula is C22H29N3O. The Morgan fingerprint density at radius 3 is 1.96 bits per heavy atom. The van der Waals surface area contributed by atoms with Crippen LogP contribution in [0.1, 0.15) is 33.6 Å². The van der Waals surface area contributed by atoms with E-state index in [2.05, 4.69) is 46.7 Å². The number of hydrogen-bond donors (Lipinski definition) is 2. The van der Waals surface area contributed by atoms with Crippen LogP contribution in [0.4, 0.5) is 22.7 Å². The molecule has 138 valence electrons. The number of benzene rings is 2. The number of rotatable bonds is 5. The molecule has 2 aromatic rings. The monoisotopic (exact) mass is 351 g/mol. The third-order valence-corrected chi connectivity index (χ3v) is 4.98. The van der Waals surface area contributed by atoms with E-state index in [1.165, 1.54) is 18.5 Å². The van der Waals surface area contributed by atoms with Crippen molar-refractivity contribution in [3.8, 4) is 0 Å². The zero-order valence-corrected chi connectivity index (χ0v) is 16.0. The summed E-state index contributed by atoms with van der Waals surface area (Å²) in [4.78, 5) is 14.2. The van der Waals surface area contributed by atoms with Crippen LogP contribution in [0.3, 0.4) is 0 Å². The topological polar surface area (TPSA) is 44.4 Å². The molecule has 0 radical (unpaired) electrons. The van der Waals surface area contributed by atoms with Crippen molar-refractivity contribution in [3.05, 3.63) is 48.5 Å². The summed E-state index contributed by atoms with van der Waals surface area (Å²) < 4.78 is 0. The number of piperidine rings is 1. The Hall–Kier alpha value is -2.49. The summed E-state index contributed by atoms with van der Waals surface area (Å²) >= 11 is 0. The van der Waals surface area contributed by atoms with Crippen LogP contribution in [-0.2, 0) is 4.79 Å². The molecule has 0 aliphatic carbocycles. The van der Waals surface area contributed by atoms with Crippen LogP contribution in [0.5, 0.6) is 0 Å². The van der Waals surface area contributed by atoms with Gasteiger partial charge in [-0.2, -0.15) is 0 Å². The van der Waals surface area contributed by atoms with Gasteiger partial charge >= 0.3 is 0 Å². The van der Waals surface area contributed by atoms with Gasteiger partial charge in [-0.05, 0) is 67.3 Å². The molecule has 0 bridgehead atoms. The molecule has 1 aliphatic rings. The summed E-state index contributed by atoms with van der Waals surface area (Å²) in [6.45, 7) is 8.41. The van der Waals surface area contributed by atoms with E-state index < -0.39 is 0 Å². The molecule has 0 spiro atoms. The Bertz CT molecular complexity index is 714. The fourth-order valence-corrected chi connectivity index (χ4v) is 3.11. The maximum atomic E-state index is 11.7. The van der Waals surface area contributed by atoms with Crippen LogP contribution in [0.2, 0.25) is 0 Å². The van der Waals surface area contributed by atoms with Gasteiger partial charge < -0.3 is 15.5 Å².